The van der Waals surface area contributed by atoms with Crippen LogP contribution < -0.4 is 11.1 Å². The van der Waals surface area contributed by atoms with Crippen LogP contribution in [0, 0.1) is 5.92 Å². The predicted molar refractivity (Wildman–Crippen MR) is 75.2 cm³/mol. The van der Waals surface area contributed by atoms with Crippen LogP contribution in [0.25, 0.3) is 5.57 Å². The van der Waals surface area contributed by atoms with Crippen molar-refractivity contribution in [3.63, 3.8) is 0 Å². The molecule has 1 aliphatic heterocycles. The summed E-state index contributed by atoms with van der Waals surface area (Å²) in [4.78, 5) is 11.4. The Balaban J connectivity index is 2.39. The van der Waals surface area contributed by atoms with E-state index in [0.29, 0.717) is 11.4 Å². The number of rotatable bonds is 3. The lowest BCUT2D eigenvalue weighted by Crippen LogP contribution is -2.28. The van der Waals surface area contributed by atoms with Gasteiger partial charge in [-0.25, -0.2) is 0 Å². The Hall–Kier alpha value is -1.74. The monoisotopic (exact) mass is 262 g/mol. The number of primary amides is 1. The fraction of sp³-hybridized carbons (Fsp3) is 0.214. The first kappa shape index (κ1) is 12.7. The van der Waals surface area contributed by atoms with Gasteiger partial charge in [-0.3, -0.25) is 4.79 Å². The smallest absolute Gasteiger partial charge is 0.226 e. The minimum atomic E-state index is -0.332. The first-order valence-corrected chi connectivity index (χ1v) is 6.17. The van der Waals surface area contributed by atoms with Crippen molar-refractivity contribution in [1.82, 2.24) is 0 Å². The fourth-order valence-corrected chi connectivity index (χ4v) is 2.28. The Bertz CT molecular complexity index is 549. The van der Waals surface area contributed by atoms with Gasteiger partial charge in [0.1, 0.15) is 0 Å². The summed E-state index contributed by atoms with van der Waals surface area (Å²) >= 11 is 5.95. The van der Waals surface area contributed by atoms with E-state index >= 15 is 0 Å². The van der Waals surface area contributed by atoms with Crippen molar-refractivity contribution in [1.29, 1.82) is 0 Å². The molecule has 3 nitrogen and oxygen atoms in total. The summed E-state index contributed by atoms with van der Waals surface area (Å²) in [6, 6.07) is 5.53. The molecule has 0 fully saturated rings. The molecule has 1 atom stereocenters. The highest BCUT2D eigenvalue weighted by Crippen LogP contribution is 2.34. The Morgan fingerprint density at radius 1 is 1.56 bits per heavy atom. The molecule has 0 bridgehead atoms. The van der Waals surface area contributed by atoms with Crippen molar-refractivity contribution < 1.29 is 4.79 Å². The maximum atomic E-state index is 11.4. The van der Waals surface area contributed by atoms with E-state index in [1.165, 1.54) is 0 Å². The van der Waals surface area contributed by atoms with E-state index < -0.39 is 0 Å². The second kappa shape index (κ2) is 4.86. The molecule has 0 saturated carbocycles. The highest BCUT2D eigenvalue weighted by Gasteiger charge is 2.23. The lowest BCUT2D eigenvalue weighted by molar-refractivity contribution is -0.120. The number of halogens is 1. The van der Waals surface area contributed by atoms with E-state index in [9.17, 15) is 4.79 Å². The van der Waals surface area contributed by atoms with Gasteiger partial charge in [-0.1, -0.05) is 25.1 Å². The van der Waals surface area contributed by atoms with E-state index in [-0.39, 0.29) is 11.8 Å². The number of carbonyl (C=O) groups excluding carboxylic acids is 1. The minimum absolute atomic E-state index is 0.314. The van der Waals surface area contributed by atoms with Gasteiger partial charge in [0.25, 0.3) is 0 Å². The van der Waals surface area contributed by atoms with Gasteiger partial charge in [0, 0.05) is 22.0 Å². The van der Waals surface area contributed by atoms with Gasteiger partial charge in [-0.2, -0.15) is 0 Å². The normalized spacial score (nSPS) is 15.4. The number of carbonyl (C=O) groups is 1. The molecular formula is C14H15ClN2O. The van der Waals surface area contributed by atoms with Crippen molar-refractivity contribution in [2.45, 2.75) is 13.3 Å². The van der Waals surface area contributed by atoms with Gasteiger partial charge < -0.3 is 11.1 Å². The van der Waals surface area contributed by atoms with Crippen LogP contribution in [0.4, 0.5) is 5.69 Å². The zero-order chi connectivity index (χ0) is 13.3. The minimum Gasteiger partial charge on any atom is -0.369 e. The molecule has 1 unspecified atom stereocenters. The summed E-state index contributed by atoms with van der Waals surface area (Å²) in [5.74, 6) is -0.646. The average molecular weight is 263 g/mol. The molecule has 1 aromatic rings. The van der Waals surface area contributed by atoms with Gasteiger partial charge in [-0.15, -0.1) is 0 Å². The van der Waals surface area contributed by atoms with Gasteiger partial charge in [-0.05, 0) is 36.3 Å². The zero-order valence-electron chi connectivity index (χ0n) is 10.2. The van der Waals surface area contributed by atoms with Crippen LogP contribution in [-0.4, -0.2) is 5.91 Å². The summed E-state index contributed by atoms with van der Waals surface area (Å²) < 4.78 is 0. The standard InChI is InChI=1S/C14H15ClN2O/c1-3-10(14(16)18)13-6-8(2)11-7-9(15)4-5-12(11)17-13/h4-7,10,17H,2-3H2,1H3,(H2,16,18). The van der Waals surface area contributed by atoms with Crippen LogP contribution in [0.2, 0.25) is 5.02 Å². The highest BCUT2D eigenvalue weighted by atomic mass is 35.5. The third kappa shape index (κ3) is 2.27. The van der Waals surface area contributed by atoms with Crippen LogP contribution in [0.5, 0.6) is 0 Å². The van der Waals surface area contributed by atoms with Crippen LogP contribution >= 0.6 is 11.6 Å². The maximum Gasteiger partial charge on any atom is 0.226 e. The van der Waals surface area contributed by atoms with E-state index in [4.69, 9.17) is 17.3 Å². The first-order chi connectivity index (χ1) is 8.52. The summed E-state index contributed by atoms with van der Waals surface area (Å²) in [5.41, 5.74) is 8.88. The topological polar surface area (TPSA) is 55.1 Å². The third-order valence-electron chi connectivity index (χ3n) is 3.06. The number of hydrogen-bond donors (Lipinski definition) is 2. The van der Waals surface area contributed by atoms with Gasteiger partial charge in [0.15, 0.2) is 0 Å². The summed E-state index contributed by atoms with van der Waals surface area (Å²) in [7, 11) is 0. The Kier molecular flexibility index (Phi) is 3.43. The van der Waals surface area contributed by atoms with Crippen LogP contribution in [-0.2, 0) is 4.79 Å². The lowest BCUT2D eigenvalue weighted by atomic mass is 9.93. The van der Waals surface area contributed by atoms with E-state index in [1.54, 1.807) is 6.07 Å². The molecule has 0 saturated heterocycles. The molecule has 18 heavy (non-hydrogen) atoms. The number of amides is 1. The summed E-state index contributed by atoms with van der Waals surface area (Å²) in [6.07, 6.45) is 2.52. The number of nitrogens with two attached hydrogens (primary N) is 1. The molecule has 0 aliphatic carbocycles. The van der Waals surface area contributed by atoms with E-state index in [0.717, 1.165) is 22.5 Å². The van der Waals surface area contributed by atoms with Gasteiger partial charge >= 0.3 is 0 Å². The molecule has 0 aromatic heterocycles. The number of allylic oxidation sites excluding steroid dienone is 2. The number of anilines is 1. The SMILES string of the molecule is C=C1C=C(C(CC)C(N)=O)Nc2ccc(Cl)cc21. The zero-order valence-corrected chi connectivity index (χ0v) is 10.9. The van der Waals surface area contributed by atoms with E-state index in [1.807, 2.05) is 25.1 Å². The van der Waals surface area contributed by atoms with Crippen molar-refractivity contribution in [3.05, 3.63) is 47.1 Å². The quantitative estimate of drug-likeness (QED) is 0.879. The maximum absolute atomic E-state index is 11.4. The third-order valence-corrected chi connectivity index (χ3v) is 3.30. The van der Waals surface area contributed by atoms with Gasteiger partial charge in [0.05, 0.1) is 5.92 Å². The number of fused-ring (bicyclic) bond motifs is 1. The lowest BCUT2D eigenvalue weighted by Gasteiger charge is -2.25. The van der Waals surface area contributed by atoms with Crippen molar-refractivity contribution in [3.8, 4) is 0 Å². The second-order valence-corrected chi connectivity index (χ2v) is 4.74. The summed E-state index contributed by atoms with van der Waals surface area (Å²) in [6.45, 7) is 5.92. The Morgan fingerprint density at radius 2 is 2.28 bits per heavy atom. The molecule has 1 aromatic carbocycles. The first-order valence-electron chi connectivity index (χ1n) is 5.79. The molecule has 94 valence electrons. The highest BCUT2D eigenvalue weighted by molar-refractivity contribution is 6.31. The Morgan fingerprint density at radius 3 is 2.89 bits per heavy atom. The molecule has 1 heterocycles. The van der Waals surface area contributed by atoms with Crippen LogP contribution in [0.1, 0.15) is 18.9 Å². The number of benzene rings is 1. The van der Waals surface area contributed by atoms with Crippen molar-refractivity contribution in [2.24, 2.45) is 11.7 Å². The number of hydrogen-bond acceptors (Lipinski definition) is 2. The molecule has 4 heteroatoms. The number of nitrogens with one attached hydrogen (secondary N) is 1. The van der Waals surface area contributed by atoms with Crippen molar-refractivity contribution in [2.75, 3.05) is 5.32 Å². The summed E-state index contributed by atoms with van der Waals surface area (Å²) in [5, 5.41) is 3.89. The predicted octanol–water partition coefficient (Wildman–Crippen LogP) is 3.17. The molecule has 0 spiro atoms. The molecule has 1 amide bonds. The van der Waals surface area contributed by atoms with Gasteiger partial charge in [0.2, 0.25) is 5.91 Å². The van der Waals surface area contributed by atoms with E-state index in [2.05, 4.69) is 11.9 Å². The molecule has 3 N–H and O–H groups in total. The average Bonchev–Trinajstić information content (AvgIpc) is 2.30. The second-order valence-electron chi connectivity index (χ2n) is 4.30. The fourth-order valence-electron chi connectivity index (χ4n) is 2.11. The van der Waals surface area contributed by atoms with Crippen LogP contribution in [0.3, 0.4) is 0 Å². The van der Waals surface area contributed by atoms with Crippen molar-refractivity contribution >= 4 is 28.8 Å². The Labute approximate surface area is 111 Å². The molecular weight excluding hydrogens is 248 g/mol. The molecule has 1 aliphatic rings. The molecule has 0 radical (unpaired) electrons. The van der Waals surface area contributed by atoms with Crippen LogP contribution in [0.15, 0.2) is 36.6 Å². The molecule has 2 rings (SSSR count). The largest absolute Gasteiger partial charge is 0.369 e.